The Bertz CT molecular complexity index is 484. The molecular weight excluding hydrogens is 283 g/mol. The Morgan fingerprint density at radius 1 is 1.45 bits per heavy atom. The molecule has 1 atom stereocenters. The van der Waals surface area contributed by atoms with Crippen molar-refractivity contribution in [1.82, 2.24) is 4.90 Å². The molecule has 0 bridgehead atoms. The maximum atomic E-state index is 13.4. The van der Waals surface area contributed by atoms with Gasteiger partial charge in [0.25, 0.3) is 0 Å². The van der Waals surface area contributed by atoms with Gasteiger partial charge in [-0.15, -0.1) is 11.8 Å². The van der Waals surface area contributed by atoms with Crippen LogP contribution in [0, 0.1) is 5.82 Å². The number of carbonyl (C=O) groups is 2. The van der Waals surface area contributed by atoms with E-state index in [1.165, 1.54) is 11.0 Å². The molecule has 0 aliphatic rings. The minimum Gasteiger partial charge on any atom is -0.480 e. The molecule has 1 unspecified atom stereocenters. The second-order valence-electron chi connectivity index (χ2n) is 4.30. The van der Waals surface area contributed by atoms with Gasteiger partial charge in [0.15, 0.2) is 0 Å². The van der Waals surface area contributed by atoms with E-state index in [0.717, 1.165) is 11.8 Å². The summed E-state index contributed by atoms with van der Waals surface area (Å²) >= 11 is 1.15. The molecule has 5 nitrogen and oxygen atoms in total. The number of nitrogens with two attached hydrogens (primary N) is 1. The van der Waals surface area contributed by atoms with Crippen LogP contribution in [0.25, 0.3) is 0 Å². The molecule has 3 N–H and O–H groups in total. The highest BCUT2D eigenvalue weighted by Crippen LogP contribution is 2.10. The van der Waals surface area contributed by atoms with Crippen LogP contribution in [0.1, 0.15) is 5.56 Å². The lowest BCUT2D eigenvalue weighted by atomic mass is 10.2. The Labute approximate surface area is 120 Å². The number of benzene rings is 1. The summed E-state index contributed by atoms with van der Waals surface area (Å²) in [5, 5.41) is 8.61. The average molecular weight is 300 g/mol. The largest absolute Gasteiger partial charge is 0.480 e. The first-order valence-corrected chi connectivity index (χ1v) is 7.10. The maximum absolute atomic E-state index is 13.4. The van der Waals surface area contributed by atoms with Crippen LogP contribution in [0.4, 0.5) is 4.39 Å². The van der Waals surface area contributed by atoms with E-state index in [2.05, 4.69) is 0 Å². The third kappa shape index (κ3) is 5.18. The monoisotopic (exact) mass is 300 g/mol. The fourth-order valence-corrected chi connectivity index (χ4v) is 2.33. The van der Waals surface area contributed by atoms with Crippen LogP contribution in [0.2, 0.25) is 0 Å². The third-order valence-electron chi connectivity index (χ3n) is 2.63. The lowest BCUT2D eigenvalue weighted by molar-refractivity contribution is -0.138. The Morgan fingerprint density at radius 2 is 2.10 bits per heavy atom. The quantitative estimate of drug-likeness (QED) is 0.782. The molecule has 7 heteroatoms. The Kier molecular flexibility index (Phi) is 6.47. The van der Waals surface area contributed by atoms with Crippen molar-refractivity contribution in [3.8, 4) is 0 Å². The molecule has 0 aliphatic heterocycles. The number of hydrogen-bond donors (Lipinski definition) is 2. The first-order valence-electron chi connectivity index (χ1n) is 5.95. The summed E-state index contributed by atoms with van der Waals surface area (Å²) in [6.45, 7) is 0.178. The van der Waals surface area contributed by atoms with E-state index in [0.29, 0.717) is 5.56 Å². The van der Waals surface area contributed by atoms with Gasteiger partial charge in [-0.1, -0.05) is 18.2 Å². The molecule has 0 heterocycles. The van der Waals surface area contributed by atoms with E-state index >= 15 is 0 Å². The highest BCUT2D eigenvalue weighted by molar-refractivity contribution is 8.00. The summed E-state index contributed by atoms with van der Waals surface area (Å²) in [5.41, 5.74) is 5.77. The first-order chi connectivity index (χ1) is 9.41. The molecule has 1 aromatic rings. The normalized spacial score (nSPS) is 11.9. The van der Waals surface area contributed by atoms with Crippen molar-refractivity contribution >= 4 is 23.6 Å². The molecule has 110 valence electrons. The molecule has 0 saturated carbocycles. The summed E-state index contributed by atoms with van der Waals surface area (Å²) in [6, 6.07) is 5.27. The smallest absolute Gasteiger partial charge is 0.321 e. The Balaban J connectivity index is 2.40. The molecule has 20 heavy (non-hydrogen) atoms. The van der Waals surface area contributed by atoms with Crippen LogP contribution in [0.15, 0.2) is 24.3 Å². The summed E-state index contributed by atoms with van der Waals surface area (Å²) in [7, 11) is 1.58. The Hall–Kier alpha value is -1.60. The zero-order valence-electron chi connectivity index (χ0n) is 11.1. The molecule has 1 aromatic carbocycles. The van der Waals surface area contributed by atoms with Gasteiger partial charge in [-0.2, -0.15) is 0 Å². The molecule has 0 saturated heterocycles. The van der Waals surface area contributed by atoms with Crippen molar-refractivity contribution < 1.29 is 19.1 Å². The number of carbonyl (C=O) groups excluding carboxylic acids is 1. The zero-order valence-corrected chi connectivity index (χ0v) is 11.9. The Morgan fingerprint density at radius 3 is 2.70 bits per heavy atom. The fraction of sp³-hybridized carbons (Fsp3) is 0.385. The number of carboxylic acids is 1. The molecule has 0 aromatic heterocycles. The third-order valence-corrected chi connectivity index (χ3v) is 3.68. The minimum absolute atomic E-state index is 0.117. The van der Waals surface area contributed by atoms with Crippen LogP contribution < -0.4 is 5.73 Å². The fourth-order valence-electron chi connectivity index (χ4n) is 1.43. The van der Waals surface area contributed by atoms with E-state index in [1.807, 2.05) is 0 Å². The number of nitrogens with zero attached hydrogens (tertiary/aromatic N) is 1. The van der Waals surface area contributed by atoms with E-state index in [9.17, 15) is 14.0 Å². The molecule has 0 aliphatic carbocycles. The molecule has 0 spiro atoms. The lowest BCUT2D eigenvalue weighted by Gasteiger charge is -2.17. The van der Waals surface area contributed by atoms with Crippen molar-refractivity contribution in [3.63, 3.8) is 0 Å². The van der Waals surface area contributed by atoms with E-state index in [1.54, 1.807) is 25.2 Å². The number of hydrogen-bond acceptors (Lipinski definition) is 4. The predicted octanol–water partition coefficient (Wildman–Crippen LogP) is 0.929. The standard InChI is InChI=1S/C13H17FN2O3S/c1-16(6-9-4-2-3-5-10(9)14)12(17)8-20-7-11(15)13(18)19/h2-5,11H,6-8,15H2,1H3,(H,18,19). The van der Waals surface area contributed by atoms with Crippen LogP contribution in [-0.2, 0) is 16.1 Å². The number of carboxylic acid groups (broad SMARTS) is 1. The number of halogens is 1. The first kappa shape index (κ1) is 16.5. The van der Waals surface area contributed by atoms with Crippen molar-refractivity contribution in [2.45, 2.75) is 12.6 Å². The van der Waals surface area contributed by atoms with Gasteiger partial charge >= 0.3 is 5.97 Å². The number of rotatable bonds is 7. The SMILES string of the molecule is CN(Cc1ccccc1F)C(=O)CSCC(N)C(=O)O. The van der Waals surface area contributed by atoms with Gasteiger partial charge in [0.1, 0.15) is 11.9 Å². The van der Waals surface area contributed by atoms with Gasteiger partial charge in [0, 0.05) is 24.9 Å². The van der Waals surface area contributed by atoms with Gasteiger partial charge in [-0.25, -0.2) is 4.39 Å². The molecule has 0 fully saturated rings. The van der Waals surface area contributed by atoms with Crippen molar-refractivity contribution in [2.75, 3.05) is 18.6 Å². The predicted molar refractivity (Wildman–Crippen MR) is 75.8 cm³/mol. The minimum atomic E-state index is -1.09. The van der Waals surface area contributed by atoms with E-state index in [-0.39, 0.29) is 29.8 Å². The van der Waals surface area contributed by atoms with E-state index in [4.69, 9.17) is 10.8 Å². The highest BCUT2D eigenvalue weighted by Gasteiger charge is 2.15. The summed E-state index contributed by atoms with van der Waals surface area (Å²) in [4.78, 5) is 23.7. The van der Waals surface area contributed by atoms with E-state index < -0.39 is 12.0 Å². The van der Waals surface area contributed by atoms with Crippen molar-refractivity contribution in [1.29, 1.82) is 0 Å². The maximum Gasteiger partial charge on any atom is 0.321 e. The van der Waals surface area contributed by atoms with Crippen molar-refractivity contribution in [3.05, 3.63) is 35.6 Å². The van der Waals surface area contributed by atoms with Gasteiger partial charge in [-0.05, 0) is 6.07 Å². The van der Waals surface area contributed by atoms with Crippen LogP contribution in [-0.4, -0.2) is 46.5 Å². The van der Waals surface area contributed by atoms with Gasteiger partial charge in [0.05, 0.1) is 5.75 Å². The number of aliphatic carboxylic acids is 1. The van der Waals surface area contributed by atoms with Crippen LogP contribution in [0.3, 0.4) is 0 Å². The second-order valence-corrected chi connectivity index (χ2v) is 5.33. The van der Waals surface area contributed by atoms with Gasteiger partial charge in [0.2, 0.25) is 5.91 Å². The summed E-state index contributed by atoms with van der Waals surface area (Å²) in [5.74, 6) is -1.37. The van der Waals surface area contributed by atoms with Crippen LogP contribution in [0.5, 0.6) is 0 Å². The van der Waals surface area contributed by atoms with Gasteiger partial charge in [-0.3, -0.25) is 9.59 Å². The number of thioether (sulfide) groups is 1. The zero-order chi connectivity index (χ0) is 15.1. The van der Waals surface area contributed by atoms with Crippen molar-refractivity contribution in [2.24, 2.45) is 5.73 Å². The molecule has 0 radical (unpaired) electrons. The summed E-state index contributed by atoms with van der Waals surface area (Å²) < 4.78 is 13.4. The average Bonchev–Trinajstić information content (AvgIpc) is 2.40. The molecule has 1 amide bonds. The summed E-state index contributed by atoms with van der Waals surface area (Å²) in [6.07, 6.45) is 0. The lowest BCUT2D eigenvalue weighted by Crippen LogP contribution is -2.34. The molecule has 1 rings (SSSR count). The molecular formula is C13H17FN2O3S. The highest BCUT2D eigenvalue weighted by atomic mass is 32.2. The topological polar surface area (TPSA) is 83.6 Å². The van der Waals surface area contributed by atoms with Gasteiger partial charge < -0.3 is 15.7 Å². The number of amides is 1. The van der Waals surface area contributed by atoms with Crippen LogP contribution >= 0.6 is 11.8 Å². The second kappa shape index (κ2) is 7.86.